The van der Waals surface area contributed by atoms with Gasteiger partial charge in [-0.25, -0.2) is 9.82 Å². The van der Waals surface area contributed by atoms with Crippen molar-refractivity contribution in [1.29, 1.82) is 0 Å². The van der Waals surface area contributed by atoms with E-state index < -0.39 is 17.6 Å². The van der Waals surface area contributed by atoms with Crippen molar-refractivity contribution in [3.63, 3.8) is 0 Å². The highest BCUT2D eigenvalue weighted by atomic mass is 35.5. The van der Waals surface area contributed by atoms with Crippen molar-refractivity contribution in [3.05, 3.63) is 58.9 Å². The van der Waals surface area contributed by atoms with Gasteiger partial charge in [0.1, 0.15) is 11.6 Å². The number of hydrazone groups is 1. The van der Waals surface area contributed by atoms with E-state index in [0.29, 0.717) is 10.6 Å². The first kappa shape index (κ1) is 18.4. The van der Waals surface area contributed by atoms with Crippen molar-refractivity contribution >= 4 is 35.3 Å². The minimum absolute atomic E-state index is 0.0355. The number of carbonyl (C=O) groups is 2. The maximum Gasteiger partial charge on any atom is 0.240 e. The van der Waals surface area contributed by atoms with Gasteiger partial charge in [-0.15, -0.1) is 0 Å². The Balaban J connectivity index is 1.78. The first-order chi connectivity index (χ1) is 12.0. The van der Waals surface area contributed by atoms with Crippen molar-refractivity contribution < 1.29 is 19.1 Å². The van der Waals surface area contributed by atoms with Gasteiger partial charge in [-0.2, -0.15) is 5.10 Å². The third kappa shape index (κ3) is 5.89. The van der Waals surface area contributed by atoms with Crippen LogP contribution in [0.1, 0.15) is 18.4 Å². The lowest BCUT2D eigenvalue weighted by molar-refractivity contribution is -0.124. The van der Waals surface area contributed by atoms with Crippen LogP contribution in [0.3, 0.4) is 0 Å². The number of nitrogens with one attached hydrogen (secondary N) is 2. The van der Waals surface area contributed by atoms with E-state index >= 15 is 0 Å². The number of hydrogen-bond acceptors (Lipinski definition) is 4. The molecule has 0 saturated carbocycles. The van der Waals surface area contributed by atoms with Crippen LogP contribution in [-0.2, 0) is 9.59 Å². The molecule has 0 atom stereocenters. The summed E-state index contributed by atoms with van der Waals surface area (Å²) in [5.41, 5.74) is 2.63. The fourth-order valence-corrected chi connectivity index (χ4v) is 2.04. The smallest absolute Gasteiger partial charge is 0.240 e. The molecule has 0 aliphatic carbocycles. The van der Waals surface area contributed by atoms with Gasteiger partial charge in [-0.1, -0.05) is 23.7 Å². The molecule has 0 spiro atoms. The van der Waals surface area contributed by atoms with E-state index in [1.54, 1.807) is 6.07 Å². The topological polar surface area (TPSA) is 90.8 Å². The van der Waals surface area contributed by atoms with Gasteiger partial charge in [-0.05, 0) is 30.3 Å². The van der Waals surface area contributed by atoms with Crippen molar-refractivity contribution in [2.24, 2.45) is 5.10 Å². The Hall–Kier alpha value is -2.93. The Morgan fingerprint density at radius 2 is 1.88 bits per heavy atom. The van der Waals surface area contributed by atoms with Crippen LogP contribution in [0.5, 0.6) is 5.75 Å². The monoisotopic (exact) mass is 363 g/mol. The summed E-state index contributed by atoms with van der Waals surface area (Å²) in [6, 6.07) is 10.1. The molecule has 130 valence electrons. The van der Waals surface area contributed by atoms with Crippen LogP contribution in [0.2, 0.25) is 5.02 Å². The SMILES string of the molecule is O=C(CCC(=O)Nc1ccccc1F)NN=Cc1cc(Cl)ccc1O. The molecule has 0 aromatic heterocycles. The van der Waals surface area contributed by atoms with Gasteiger partial charge in [0.2, 0.25) is 11.8 Å². The van der Waals surface area contributed by atoms with E-state index in [4.69, 9.17) is 11.6 Å². The Bertz CT molecular complexity index is 811. The van der Waals surface area contributed by atoms with Gasteiger partial charge in [-0.3, -0.25) is 9.59 Å². The molecule has 0 radical (unpaired) electrons. The summed E-state index contributed by atoms with van der Waals surface area (Å²) in [5, 5.41) is 16.1. The minimum Gasteiger partial charge on any atom is -0.507 e. The average Bonchev–Trinajstić information content (AvgIpc) is 2.58. The first-order valence-corrected chi connectivity index (χ1v) is 7.68. The Morgan fingerprint density at radius 1 is 1.16 bits per heavy atom. The van der Waals surface area contributed by atoms with Gasteiger partial charge >= 0.3 is 0 Å². The van der Waals surface area contributed by atoms with Gasteiger partial charge in [0, 0.05) is 23.4 Å². The largest absolute Gasteiger partial charge is 0.507 e. The van der Waals surface area contributed by atoms with Crippen molar-refractivity contribution in [1.82, 2.24) is 5.43 Å². The second kappa shape index (κ2) is 8.79. The third-order valence-electron chi connectivity index (χ3n) is 3.11. The number of benzene rings is 2. The number of carbonyl (C=O) groups excluding carboxylic acids is 2. The molecule has 8 heteroatoms. The van der Waals surface area contributed by atoms with Gasteiger partial charge in [0.15, 0.2) is 0 Å². The number of rotatable bonds is 6. The standard InChI is InChI=1S/C17H15ClFN3O3/c18-12-5-6-15(23)11(9-12)10-20-22-17(25)8-7-16(24)21-14-4-2-1-3-13(14)19/h1-6,9-10,23H,7-8H2,(H,21,24)(H,22,25). The number of aromatic hydroxyl groups is 1. The molecule has 0 aliphatic heterocycles. The number of phenols is 1. The maximum absolute atomic E-state index is 13.4. The lowest BCUT2D eigenvalue weighted by Crippen LogP contribution is -2.21. The lowest BCUT2D eigenvalue weighted by atomic mass is 10.2. The fourth-order valence-electron chi connectivity index (χ4n) is 1.86. The second-order valence-electron chi connectivity index (χ2n) is 5.02. The van der Waals surface area contributed by atoms with Gasteiger partial charge in [0.05, 0.1) is 11.9 Å². The van der Waals surface area contributed by atoms with Crippen molar-refractivity contribution in [3.8, 4) is 5.75 Å². The number of para-hydroxylation sites is 1. The summed E-state index contributed by atoms with van der Waals surface area (Å²) in [7, 11) is 0. The van der Waals surface area contributed by atoms with Crippen LogP contribution in [-0.4, -0.2) is 23.1 Å². The third-order valence-corrected chi connectivity index (χ3v) is 3.34. The van der Waals surface area contributed by atoms with E-state index in [0.717, 1.165) is 0 Å². The summed E-state index contributed by atoms with van der Waals surface area (Å²) >= 11 is 5.79. The zero-order valence-corrected chi connectivity index (χ0v) is 13.8. The molecule has 3 N–H and O–H groups in total. The van der Waals surface area contributed by atoms with E-state index in [1.165, 1.54) is 42.6 Å². The highest BCUT2D eigenvalue weighted by molar-refractivity contribution is 6.30. The normalized spacial score (nSPS) is 10.6. The molecule has 0 fully saturated rings. The van der Waals surface area contributed by atoms with Crippen molar-refractivity contribution in [2.75, 3.05) is 5.32 Å². The number of hydrogen-bond donors (Lipinski definition) is 3. The predicted octanol–water partition coefficient (Wildman–Crippen LogP) is 3.05. The summed E-state index contributed by atoms with van der Waals surface area (Å²) in [6.45, 7) is 0. The molecular formula is C17H15ClFN3O3. The van der Waals surface area contributed by atoms with E-state index in [-0.39, 0.29) is 24.3 Å². The van der Waals surface area contributed by atoms with Gasteiger partial charge in [0.25, 0.3) is 0 Å². The Labute approximate surface area is 148 Å². The molecule has 6 nitrogen and oxygen atoms in total. The van der Waals surface area contributed by atoms with Crippen molar-refractivity contribution in [2.45, 2.75) is 12.8 Å². The van der Waals surface area contributed by atoms with Gasteiger partial charge < -0.3 is 10.4 Å². The van der Waals surface area contributed by atoms with Crippen LogP contribution >= 0.6 is 11.6 Å². The number of anilines is 1. The number of nitrogens with zero attached hydrogens (tertiary/aromatic N) is 1. The van der Waals surface area contributed by atoms with Crippen LogP contribution < -0.4 is 10.7 Å². The predicted molar refractivity (Wildman–Crippen MR) is 93.1 cm³/mol. The fraction of sp³-hybridized carbons (Fsp3) is 0.118. The number of phenolic OH excluding ortho intramolecular Hbond substituents is 1. The Kier molecular flexibility index (Phi) is 6.47. The first-order valence-electron chi connectivity index (χ1n) is 7.30. The maximum atomic E-state index is 13.4. The molecule has 0 unspecified atom stereocenters. The summed E-state index contributed by atoms with van der Waals surface area (Å²) in [4.78, 5) is 23.3. The molecular weight excluding hydrogens is 349 g/mol. The van der Waals surface area contributed by atoms with Crippen LogP contribution in [0.4, 0.5) is 10.1 Å². The van der Waals surface area contributed by atoms with Crippen LogP contribution in [0.25, 0.3) is 0 Å². The van der Waals surface area contributed by atoms with E-state index in [2.05, 4.69) is 15.8 Å². The van der Waals surface area contributed by atoms with E-state index in [1.807, 2.05) is 0 Å². The summed E-state index contributed by atoms with van der Waals surface area (Å²) in [6.07, 6.45) is 0.982. The number of halogens is 2. The molecule has 2 amide bonds. The molecule has 0 heterocycles. The lowest BCUT2D eigenvalue weighted by Gasteiger charge is -2.05. The van der Waals surface area contributed by atoms with Crippen LogP contribution in [0, 0.1) is 5.82 Å². The second-order valence-corrected chi connectivity index (χ2v) is 5.46. The zero-order valence-electron chi connectivity index (χ0n) is 13.0. The highest BCUT2D eigenvalue weighted by Crippen LogP contribution is 2.19. The molecule has 25 heavy (non-hydrogen) atoms. The van der Waals surface area contributed by atoms with Crippen LogP contribution in [0.15, 0.2) is 47.6 Å². The molecule has 0 bridgehead atoms. The average molecular weight is 364 g/mol. The summed E-state index contributed by atoms with van der Waals surface area (Å²) in [5.74, 6) is -1.57. The molecule has 2 aromatic carbocycles. The quantitative estimate of drug-likeness (QED) is 0.544. The Morgan fingerprint density at radius 3 is 2.64 bits per heavy atom. The van der Waals surface area contributed by atoms with E-state index in [9.17, 15) is 19.1 Å². The molecule has 2 rings (SSSR count). The molecule has 2 aromatic rings. The molecule has 0 saturated heterocycles. The highest BCUT2D eigenvalue weighted by Gasteiger charge is 2.09. The minimum atomic E-state index is -0.550. The summed E-state index contributed by atoms with van der Waals surface area (Å²) < 4.78 is 13.4. The number of amides is 2. The molecule has 0 aliphatic rings. The zero-order chi connectivity index (χ0) is 18.2.